The molecule has 2 heterocycles. The molecule has 1 aliphatic heterocycles. The van der Waals surface area contributed by atoms with Gasteiger partial charge in [0.25, 0.3) is 0 Å². The van der Waals surface area contributed by atoms with Crippen molar-refractivity contribution in [2.24, 2.45) is 0 Å². The number of hydrogen-bond donors (Lipinski definition) is 1. The molecule has 3 atom stereocenters. The first-order chi connectivity index (χ1) is 13.5. The van der Waals surface area contributed by atoms with Gasteiger partial charge in [0.2, 0.25) is 5.91 Å². The maximum atomic E-state index is 12.6. The zero-order valence-corrected chi connectivity index (χ0v) is 16.8. The first-order valence-electron chi connectivity index (χ1n) is 10.1. The highest BCUT2D eigenvalue weighted by Gasteiger charge is 2.26. The van der Waals surface area contributed by atoms with Gasteiger partial charge in [0.05, 0.1) is 24.9 Å². The molecule has 1 fully saturated rings. The van der Waals surface area contributed by atoms with Crippen LogP contribution in [0.3, 0.4) is 0 Å². The Bertz CT molecular complexity index is 970. The molecule has 0 spiro atoms. The van der Waals surface area contributed by atoms with Crippen LogP contribution in [-0.4, -0.2) is 48.7 Å². The van der Waals surface area contributed by atoms with Crippen LogP contribution in [0.2, 0.25) is 0 Å². The van der Waals surface area contributed by atoms with Crippen molar-refractivity contribution in [2.45, 2.75) is 45.4 Å². The Morgan fingerprint density at radius 1 is 1.18 bits per heavy atom. The minimum atomic E-state index is 0.0249. The van der Waals surface area contributed by atoms with Crippen molar-refractivity contribution >= 4 is 27.6 Å². The molecule has 5 heteroatoms. The zero-order valence-electron chi connectivity index (χ0n) is 16.8. The second-order valence-electron chi connectivity index (χ2n) is 7.96. The molecule has 0 radical (unpaired) electrons. The molecule has 1 aliphatic rings. The molecule has 5 nitrogen and oxygen atoms in total. The maximum absolute atomic E-state index is 12.6. The highest BCUT2D eigenvalue weighted by atomic mass is 16.5. The van der Waals surface area contributed by atoms with E-state index in [9.17, 15) is 4.79 Å². The summed E-state index contributed by atoms with van der Waals surface area (Å²) in [6.45, 7) is 8.80. The largest absolute Gasteiger partial charge is 0.464 e. The molecule has 0 aliphatic carbocycles. The van der Waals surface area contributed by atoms with E-state index in [-0.39, 0.29) is 24.2 Å². The van der Waals surface area contributed by atoms with Crippen molar-refractivity contribution in [3.8, 4) is 0 Å². The van der Waals surface area contributed by atoms with Crippen molar-refractivity contribution < 1.29 is 13.9 Å². The minimum absolute atomic E-state index is 0.0249. The first kappa shape index (κ1) is 19.0. The lowest BCUT2D eigenvalue weighted by Crippen LogP contribution is -2.52. The number of nitrogens with one attached hydrogen (secondary N) is 1. The normalized spacial score (nSPS) is 21.8. The molecular formula is C23H28N2O3. The standard InChI is InChI=1S/C23H28N2O3/c1-15(25-12-16(2)28-17(3)13-25)11-24-22(26)10-19-14-27-21-9-8-18-6-4-5-7-20(18)23(19)21/h4-9,14-17H,10-13H2,1-3H3,(H,24,26). The third-order valence-corrected chi connectivity index (χ3v) is 5.56. The van der Waals surface area contributed by atoms with Crippen molar-refractivity contribution in [3.05, 3.63) is 48.2 Å². The molecule has 3 unspecified atom stereocenters. The molecule has 4 rings (SSSR count). The van der Waals surface area contributed by atoms with Gasteiger partial charge in [0.1, 0.15) is 5.58 Å². The molecule has 2 aromatic carbocycles. The summed E-state index contributed by atoms with van der Waals surface area (Å²) in [5.74, 6) is 0.0249. The van der Waals surface area contributed by atoms with E-state index < -0.39 is 0 Å². The fourth-order valence-corrected chi connectivity index (χ4v) is 4.21. The number of hydrogen-bond acceptors (Lipinski definition) is 4. The second kappa shape index (κ2) is 7.94. The quantitative estimate of drug-likeness (QED) is 0.733. The Balaban J connectivity index is 1.42. The predicted octanol–water partition coefficient (Wildman–Crippen LogP) is 3.74. The molecule has 1 aromatic heterocycles. The van der Waals surface area contributed by atoms with Gasteiger partial charge in [0.15, 0.2) is 0 Å². The average molecular weight is 380 g/mol. The SMILES string of the molecule is CC1CN(C(C)CNC(=O)Cc2coc3ccc4ccccc4c23)CC(C)O1. The summed E-state index contributed by atoms with van der Waals surface area (Å²) in [6, 6.07) is 12.5. The Morgan fingerprint density at radius 2 is 1.93 bits per heavy atom. The summed E-state index contributed by atoms with van der Waals surface area (Å²) in [5.41, 5.74) is 1.76. The molecule has 1 N–H and O–H groups in total. The fraction of sp³-hybridized carbons (Fsp3) is 0.435. The molecule has 148 valence electrons. The topological polar surface area (TPSA) is 54.7 Å². The monoisotopic (exact) mass is 380 g/mol. The summed E-state index contributed by atoms with van der Waals surface area (Å²) < 4.78 is 11.5. The minimum Gasteiger partial charge on any atom is -0.464 e. The lowest BCUT2D eigenvalue weighted by atomic mass is 10.0. The van der Waals surface area contributed by atoms with Gasteiger partial charge in [-0.2, -0.15) is 0 Å². The predicted molar refractivity (Wildman–Crippen MR) is 111 cm³/mol. The molecule has 1 saturated heterocycles. The molecule has 0 bridgehead atoms. The number of carbonyl (C=O) groups is 1. The van der Waals surface area contributed by atoms with Crippen LogP contribution in [0.5, 0.6) is 0 Å². The molecule has 28 heavy (non-hydrogen) atoms. The third-order valence-electron chi connectivity index (χ3n) is 5.56. The van der Waals surface area contributed by atoms with Crippen LogP contribution in [0.1, 0.15) is 26.3 Å². The molecular weight excluding hydrogens is 352 g/mol. The molecule has 0 saturated carbocycles. The molecule has 3 aromatic rings. The Kier molecular flexibility index (Phi) is 5.38. The number of nitrogens with zero attached hydrogens (tertiary/aromatic N) is 1. The van der Waals surface area contributed by atoms with Crippen molar-refractivity contribution in [2.75, 3.05) is 19.6 Å². The van der Waals surface area contributed by atoms with E-state index in [1.165, 1.54) is 0 Å². The van der Waals surface area contributed by atoms with Crippen molar-refractivity contribution in [3.63, 3.8) is 0 Å². The van der Waals surface area contributed by atoms with Gasteiger partial charge < -0.3 is 14.5 Å². The zero-order chi connectivity index (χ0) is 19.7. The van der Waals surface area contributed by atoms with Gasteiger partial charge in [0, 0.05) is 36.6 Å². The van der Waals surface area contributed by atoms with E-state index in [1.54, 1.807) is 6.26 Å². The number of morpholine rings is 1. The highest BCUT2D eigenvalue weighted by molar-refractivity contribution is 6.08. The van der Waals surface area contributed by atoms with Crippen LogP contribution in [0.4, 0.5) is 0 Å². The average Bonchev–Trinajstić information content (AvgIpc) is 3.08. The number of carbonyl (C=O) groups excluding carboxylic acids is 1. The number of ether oxygens (including phenoxy) is 1. The first-order valence-corrected chi connectivity index (χ1v) is 10.1. The van der Waals surface area contributed by atoms with Gasteiger partial charge in [-0.3, -0.25) is 9.69 Å². The van der Waals surface area contributed by atoms with Crippen LogP contribution in [0, 0.1) is 0 Å². The highest BCUT2D eigenvalue weighted by Crippen LogP contribution is 2.30. The Morgan fingerprint density at radius 3 is 2.71 bits per heavy atom. The van der Waals surface area contributed by atoms with Gasteiger partial charge in [-0.1, -0.05) is 30.3 Å². The number of fused-ring (bicyclic) bond motifs is 3. The van der Waals surface area contributed by atoms with Crippen LogP contribution in [0.25, 0.3) is 21.7 Å². The number of furan rings is 1. The van der Waals surface area contributed by atoms with Gasteiger partial charge in [-0.15, -0.1) is 0 Å². The van der Waals surface area contributed by atoms with Crippen LogP contribution >= 0.6 is 0 Å². The number of amides is 1. The third kappa shape index (κ3) is 3.91. The van der Waals surface area contributed by atoms with E-state index >= 15 is 0 Å². The summed E-state index contributed by atoms with van der Waals surface area (Å²) >= 11 is 0. The number of benzene rings is 2. The summed E-state index contributed by atoms with van der Waals surface area (Å²) in [7, 11) is 0. The maximum Gasteiger partial charge on any atom is 0.224 e. The van der Waals surface area contributed by atoms with Crippen molar-refractivity contribution in [1.82, 2.24) is 10.2 Å². The summed E-state index contributed by atoms with van der Waals surface area (Å²) in [4.78, 5) is 15.0. The van der Waals surface area contributed by atoms with Crippen LogP contribution in [0.15, 0.2) is 47.1 Å². The number of rotatable bonds is 5. The smallest absolute Gasteiger partial charge is 0.224 e. The Hall–Kier alpha value is -2.37. The lowest BCUT2D eigenvalue weighted by molar-refractivity contribution is -0.121. The van der Waals surface area contributed by atoms with Gasteiger partial charge in [-0.05, 0) is 37.6 Å². The van der Waals surface area contributed by atoms with Crippen molar-refractivity contribution in [1.29, 1.82) is 0 Å². The van der Waals surface area contributed by atoms with Gasteiger partial charge in [-0.25, -0.2) is 0 Å². The second-order valence-corrected chi connectivity index (χ2v) is 7.96. The van der Waals surface area contributed by atoms with E-state index in [1.807, 2.05) is 18.2 Å². The van der Waals surface area contributed by atoms with E-state index in [0.29, 0.717) is 13.0 Å². The molecule has 1 amide bonds. The van der Waals surface area contributed by atoms with Gasteiger partial charge >= 0.3 is 0 Å². The fourth-order valence-electron chi connectivity index (χ4n) is 4.21. The van der Waals surface area contributed by atoms with Crippen LogP contribution < -0.4 is 5.32 Å². The summed E-state index contributed by atoms with van der Waals surface area (Å²) in [6.07, 6.45) is 2.50. The van der Waals surface area contributed by atoms with E-state index in [0.717, 1.165) is 40.4 Å². The summed E-state index contributed by atoms with van der Waals surface area (Å²) in [5, 5.41) is 6.42. The van der Waals surface area contributed by atoms with E-state index in [2.05, 4.69) is 49.2 Å². The van der Waals surface area contributed by atoms with E-state index in [4.69, 9.17) is 9.15 Å². The van der Waals surface area contributed by atoms with Crippen LogP contribution in [-0.2, 0) is 16.0 Å². The lowest BCUT2D eigenvalue weighted by Gasteiger charge is -2.39. The Labute approximate surface area is 165 Å².